The molecule has 4 nitrogen and oxygen atoms in total. The molecule has 0 aliphatic heterocycles. The Morgan fingerprint density at radius 1 is 1.67 bits per heavy atom. The van der Waals surface area contributed by atoms with Gasteiger partial charge in [-0.3, -0.25) is 4.79 Å². The maximum absolute atomic E-state index is 10.4. The monoisotopic (exact) mass is 131 g/mol. The number of hydrogen-bond donors (Lipinski definition) is 2. The summed E-state index contributed by atoms with van der Waals surface area (Å²) in [4.78, 5) is 10.4. The van der Waals surface area contributed by atoms with Gasteiger partial charge in [-0.1, -0.05) is 5.16 Å². The molecule has 0 heterocycles. The number of ketones is 1. The van der Waals surface area contributed by atoms with Crippen molar-refractivity contribution in [3.05, 3.63) is 0 Å². The number of Topliss-reactive ketones (excluding diaryl/α,β-unsaturated/α-hetero) is 1. The van der Waals surface area contributed by atoms with Crippen LogP contribution in [0.2, 0.25) is 0 Å². The lowest BCUT2D eigenvalue weighted by Gasteiger charge is -1.92. The normalized spacial score (nSPS) is 11.6. The van der Waals surface area contributed by atoms with E-state index in [1.807, 2.05) is 0 Å². The largest absolute Gasteiger partial charge is 0.411 e. The Labute approximate surface area is 52.8 Å². The third-order valence-electron chi connectivity index (χ3n) is 0.876. The molecule has 0 radical (unpaired) electrons. The standard InChI is InChI=1S/C5H9NO3/c1-4(8)5(6-9)2-3-7/h7,9H,2-3H2,1H3/b6-5-. The second kappa shape index (κ2) is 4.03. The maximum atomic E-state index is 10.4. The van der Waals surface area contributed by atoms with E-state index in [9.17, 15) is 4.79 Å². The lowest BCUT2D eigenvalue weighted by molar-refractivity contribution is -0.111. The van der Waals surface area contributed by atoms with E-state index in [4.69, 9.17) is 10.3 Å². The fraction of sp³-hybridized carbons (Fsp3) is 0.600. The van der Waals surface area contributed by atoms with Crippen LogP contribution in [-0.2, 0) is 4.79 Å². The summed E-state index contributed by atoms with van der Waals surface area (Å²) < 4.78 is 0. The van der Waals surface area contributed by atoms with Crippen molar-refractivity contribution < 1.29 is 15.1 Å². The second-order valence-corrected chi connectivity index (χ2v) is 1.58. The predicted octanol–water partition coefficient (Wildman–Crippen LogP) is -0.212. The van der Waals surface area contributed by atoms with Gasteiger partial charge >= 0.3 is 0 Å². The molecule has 0 atom stereocenters. The number of rotatable bonds is 3. The minimum atomic E-state index is -0.313. The van der Waals surface area contributed by atoms with Crippen LogP contribution in [0.3, 0.4) is 0 Å². The first-order chi connectivity index (χ1) is 4.22. The zero-order valence-electron chi connectivity index (χ0n) is 5.16. The van der Waals surface area contributed by atoms with Crippen molar-refractivity contribution >= 4 is 11.5 Å². The number of nitrogens with zero attached hydrogens (tertiary/aromatic N) is 1. The van der Waals surface area contributed by atoms with Crippen LogP contribution in [0.4, 0.5) is 0 Å². The molecule has 0 aliphatic rings. The van der Waals surface area contributed by atoms with Crippen molar-refractivity contribution in [3.8, 4) is 0 Å². The van der Waals surface area contributed by atoms with Crippen molar-refractivity contribution in [1.82, 2.24) is 0 Å². The summed E-state index contributed by atoms with van der Waals surface area (Å²) in [6.07, 6.45) is 0.117. The van der Waals surface area contributed by atoms with Gasteiger partial charge in [0.15, 0.2) is 5.78 Å². The van der Waals surface area contributed by atoms with Gasteiger partial charge in [-0.25, -0.2) is 0 Å². The quantitative estimate of drug-likeness (QED) is 0.316. The molecule has 0 aromatic heterocycles. The second-order valence-electron chi connectivity index (χ2n) is 1.58. The number of carbonyl (C=O) groups is 1. The molecule has 0 saturated carbocycles. The van der Waals surface area contributed by atoms with Gasteiger partial charge in [0.25, 0.3) is 0 Å². The minimum Gasteiger partial charge on any atom is -0.411 e. The molecule has 0 bridgehead atoms. The zero-order chi connectivity index (χ0) is 7.28. The minimum absolute atomic E-state index is 0.0116. The van der Waals surface area contributed by atoms with E-state index in [1.165, 1.54) is 6.92 Å². The molecule has 0 rings (SSSR count). The van der Waals surface area contributed by atoms with E-state index in [1.54, 1.807) is 0 Å². The van der Waals surface area contributed by atoms with E-state index in [0.717, 1.165) is 0 Å². The Morgan fingerprint density at radius 2 is 2.22 bits per heavy atom. The molecule has 2 N–H and O–H groups in total. The van der Waals surface area contributed by atoms with Crippen molar-refractivity contribution in [2.24, 2.45) is 5.16 Å². The molecule has 4 heteroatoms. The highest BCUT2D eigenvalue weighted by molar-refractivity contribution is 6.38. The first-order valence-corrected chi connectivity index (χ1v) is 2.55. The summed E-state index contributed by atoms with van der Waals surface area (Å²) in [5, 5.41) is 19.0. The predicted molar refractivity (Wildman–Crippen MR) is 31.6 cm³/mol. The molecule has 52 valence electrons. The van der Waals surface area contributed by atoms with Gasteiger partial charge in [0.05, 0.1) is 0 Å². The molecule has 0 unspecified atom stereocenters. The molecule has 0 aromatic rings. The molecule has 0 fully saturated rings. The number of aliphatic hydroxyl groups excluding tert-OH is 1. The summed E-state index contributed by atoms with van der Waals surface area (Å²) in [6, 6.07) is 0. The molecular weight excluding hydrogens is 122 g/mol. The lowest BCUT2D eigenvalue weighted by Crippen LogP contribution is -2.11. The van der Waals surface area contributed by atoms with Crippen LogP contribution in [0.1, 0.15) is 13.3 Å². The average Bonchev–Trinajstić information content (AvgIpc) is 1.82. The van der Waals surface area contributed by atoms with Crippen molar-refractivity contribution in [2.75, 3.05) is 6.61 Å². The van der Waals surface area contributed by atoms with Gasteiger partial charge in [0, 0.05) is 20.0 Å². The van der Waals surface area contributed by atoms with E-state index in [-0.39, 0.29) is 24.5 Å². The van der Waals surface area contributed by atoms with Crippen LogP contribution in [0, 0.1) is 0 Å². The Hall–Kier alpha value is -0.900. The summed E-state index contributed by atoms with van der Waals surface area (Å²) in [6.45, 7) is 1.11. The fourth-order valence-electron chi connectivity index (χ4n) is 0.402. The molecule has 9 heavy (non-hydrogen) atoms. The summed E-state index contributed by atoms with van der Waals surface area (Å²) in [7, 11) is 0. The van der Waals surface area contributed by atoms with Crippen LogP contribution < -0.4 is 0 Å². The van der Waals surface area contributed by atoms with Crippen LogP contribution in [0.5, 0.6) is 0 Å². The average molecular weight is 131 g/mol. The topological polar surface area (TPSA) is 69.9 Å². The Morgan fingerprint density at radius 3 is 2.33 bits per heavy atom. The van der Waals surface area contributed by atoms with Gasteiger partial charge in [0.1, 0.15) is 5.71 Å². The SMILES string of the molecule is CC(=O)/C(CCO)=N\O. The highest BCUT2D eigenvalue weighted by Gasteiger charge is 2.03. The van der Waals surface area contributed by atoms with Crippen LogP contribution >= 0.6 is 0 Å². The van der Waals surface area contributed by atoms with E-state index < -0.39 is 0 Å². The van der Waals surface area contributed by atoms with E-state index in [2.05, 4.69) is 5.16 Å². The fourth-order valence-corrected chi connectivity index (χ4v) is 0.402. The number of carbonyl (C=O) groups excluding carboxylic acids is 1. The Kier molecular flexibility index (Phi) is 3.62. The molecule has 0 aliphatic carbocycles. The Bertz CT molecular complexity index is 130. The summed E-state index contributed by atoms with van der Waals surface area (Å²) in [5.41, 5.74) is 0.0116. The number of oxime groups is 1. The van der Waals surface area contributed by atoms with Crippen molar-refractivity contribution in [1.29, 1.82) is 0 Å². The highest BCUT2D eigenvalue weighted by atomic mass is 16.4. The van der Waals surface area contributed by atoms with Crippen molar-refractivity contribution in [2.45, 2.75) is 13.3 Å². The first-order valence-electron chi connectivity index (χ1n) is 2.55. The first kappa shape index (κ1) is 8.10. The smallest absolute Gasteiger partial charge is 0.177 e. The summed E-state index contributed by atoms with van der Waals surface area (Å²) >= 11 is 0. The lowest BCUT2D eigenvalue weighted by atomic mass is 10.2. The van der Waals surface area contributed by atoms with Gasteiger partial charge < -0.3 is 10.3 Å². The molecule has 0 spiro atoms. The van der Waals surface area contributed by atoms with Crippen LogP contribution in [0.25, 0.3) is 0 Å². The molecule has 0 amide bonds. The zero-order valence-corrected chi connectivity index (χ0v) is 5.16. The van der Waals surface area contributed by atoms with E-state index >= 15 is 0 Å². The van der Waals surface area contributed by atoms with Crippen LogP contribution in [-0.4, -0.2) is 28.4 Å². The molecular formula is C5H9NO3. The maximum Gasteiger partial charge on any atom is 0.177 e. The van der Waals surface area contributed by atoms with Gasteiger partial charge in [-0.05, 0) is 0 Å². The number of hydrogen-bond acceptors (Lipinski definition) is 4. The summed E-state index contributed by atoms with van der Waals surface area (Å²) in [5.74, 6) is -0.313. The molecule has 0 saturated heterocycles. The van der Waals surface area contributed by atoms with Crippen molar-refractivity contribution in [3.63, 3.8) is 0 Å². The Balaban J connectivity index is 3.85. The van der Waals surface area contributed by atoms with Crippen LogP contribution in [0.15, 0.2) is 5.16 Å². The van der Waals surface area contributed by atoms with Gasteiger partial charge in [-0.2, -0.15) is 0 Å². The third-order valence-corrected chi connectivity index (χ3v) is 0.876. The highest BCUT2D eigenvalue weighted by Crippen LogP contribution is 1.85. The van der Waals surface area contributed by atoms with Gasteiger partial charge in [0.2, 0.25) is 0 Å². The molecule has 0 aromatic carbocycles. The van der Waals surface area contributed by atoms with E-state index in [0.29, 0.717) is 0 Å². The number of aliphatic hydroxyl groups is 1. The van der Waals surface area contributed by atoms with Gasteiger partial charge in [-0.15, -0.1) is 0 Å². The third kappa shape index (κ3) is 2.81.